The summed E-state index contributed by atoms with van der Waals surface area (Å²) in [6.45, 7) is 0.489. The SMILES string of the molecule is COC(=O)c1cc2c(OCCCO)cccc2o1. The van der Waals surface area contributed by atoms with Crippen LogP contribution >= 0.6 is 0 Å². The van der Waals surface area contributed by atoms with Crippen LogP contribution in [-0.2, 0) is 4.74 Å². The topological polar surface area (TPSA) is 68.9 Å². The lowest BCUT2D eigenvalue weighted by molar-refractivity contribution is 0.0567. The van der Waals surface area contributed by atoms with Crippen molar-refractivity contribution in [3.05, 3.63) is 30.0 Å². The molecule has 1 aromatic heterocycles. The number of methoxy groups -OCH3 is 1. The quantitative estimate of drug-likeness (QED) is 0.649. The van der Waals surface area contributed by atoms with E-state index in [0.717, 1.165) is 5.39 Å². The van der Waals surface area contributed by atoms with Crippen LogP contribution in [0.4, 0.5) is 0 Å². The number of fused-ring (bicyclic) bond motifs is 1. The molecule has 0 unspecified atom stereocenters. The minimum absolute atomic E-state index is 0.0781. The van der Waals surface area contributed by atoms with Gasteiger partial charge in [-0.15, -0.1) is 0 Å². The number of ether oxygens (including phenoxy) is 2. The summed E-state index contributed by atoms with van der Waals surface area (Å²) in [5.74, 6) is 0.248. The van der Waals surface area contributed by atoms with Crippen LogP contribution in [0.1, 0.15) is 17.0 Å². The first kappa shape index (κ1) is 12.4. The number of carbonyl (C=O) groups is 1. The van der Waals surface area contributed by atoms with Gasteiger partial charge in [0, 0.05) is 19.1 Å². The largest absolute Gasteiger partial charge is 0.493 e. The van der Waals surface area contributed by atoms with Gasteiger partial charge in [0.15, 0.2) is 0 Å². The lowest BCUT2D eigenvalue weighted by Crippen LogP contribution is -1.99. The van der Waals surface area contributed by atoms with E-state index < -0.39 is 5.97 Å². The second-order valence-electron chi connectivity index (χ2n) is 3.70. The van der Waals surface area contributed by atoms with Crippen LogP contribution in [0, 0.1) is 0 Å². The molecular weight excluding hydrogens is 236 g/mol. The lowest BCUT2D eigenvalue weighted by Gasteiger charge is -2.05. The predicted molar refractivity (Wildman–Crippen MR) is 64.8 cm³/mol. The molecule has 0 saturated heterocycles. The average Bonchev–Trinajstić information content (AvgIpc) is 2.83. The molecule has 18 heavy (non-hydrogen) atoms. The number of hydrogen-bond donors (Lipinski definition) is 1. The third-order valence-electron chi connectivity index (χ3n) is 2.47. The Hall–Kier alpha value is -2.01. The maximum Gasteiger partial charge on any atom is 0.373 e. The van der Waals surface area contributed by atoms with Crippen LogP contribution in [0.15, 0.2) is 28.7 Å². The molecule has 96 valence electrons. The third-order valence-corrected chi connectivity index (χ3v) is 2.47. The summed E-state index contributed by atoms with van der Waals surface area (Å²) in [5.41, 5.74) is 0.567. The molecule has 0 atom stereocenters. The van der Waals surface area contributed by atoms with Gasteiger partial charge in [-0.05, 0) is 12.1 Å². The van der Waals surface area contributed by atoms with Gasteiger partial charge in [-0.3, -0.25) is 0 Å². The van der Waals surface area contributed by atoms with E-state index in [1.54, 1.807) is 24.3 Å². The highest BCUT2D eigenvalue weighted by atomic mass is 16.5. The van der Waals surface area contributed by atoms with Crippen molar-refractivity contribution in [1.29, 1.82) is 0 Å². The van der Waals surface area contributed by atoms with Crippen molar-refractivity contribution in [2.24, 2.45) is 0 Å². The molecule has 2 aromatic rings. The average molecular weight is 250 g/mol. The number of aliphatic hydroxyl groups is 1. The molecule has 0 aliphatic heterocycles. The molecule has 5 heteroatoms. The fourth-order valence-corrected chi connectivity index (χ4v) is 1.61. The maximum absolute atomic E-state index is 11.4. The van der Waals surface area contributed by atoms with Gasteiger partial charge in [-0.1, -0.05) is 6.07 Å². The molecule has 2 rings (SSSR count). The number of esters is 1. The molecule has 5 nitrogen and oxygen atoms in total. The summed E-state index contributed by atoms with van der Waals surface area (Å²) in [6, 6.07) is 6.91. The van der Waals surface area contributed by atoms with Crippen molar-refractivity contribution in [2.75, 3.05) is 20.3 Å². The molecule has 0 aliphatic carbocycles. The first-order valence-corrected chi connectivity index (χ1v) is 5.61. The first-order chi connectivity index (χ1) is 8.76. The number of carbonyl (C=O) groups excluding carboxylic acids is 1. The second kappa shape index (κ2) is 5.55. The summed E-state index contributed by atoms with van der Waals surface area (Å²) < 4.78 is 15.5. The van der Waals surface area contributed by atoms with E-state index in [1.165, 1.54) is 7.11 Å². The van der Waals surface area contributed by atoms with Gasteiger partial charge in [0.25, 0.3) is 0 Å². The molecular formula is C13H14O5. The van der Waals surface area contributed by atoms with Crippen LogP contribution in [0.3, 0.4) is 0 Å². The molecule has 0 radical (unpaired) electrons. The van der Waals surface area contributed by atoms with Crippen LogP contribution < -0.4 is 4.74 Å². The lowest BCUT2D eigenvalue weighted by atomic mass is 10.2. The first-order valence-electron chi connectivity index (χ1n) is 5.61. The van der Waals surface area contributed by atoms with Gasteiger partial charge in [0.05, 0.1) is 19.1 Å². The highest BCUT2D eigenvalue weighted by molar-refractivity contribution is 5.94. The van der Waals surface area contributed by atoms with E-state index in [2.05, 4.69) is 4.74 Å². The van der Waals surface area contributed by atoms with Crippen molar-refractivity contribution in [3.63, 3.8) is 0 Å². The number of furan rings is 1. The number of rotatable bonds is 5. The van der Waals surface area contributed by atoms with Crippen molar-refractivity contribution >= 4 is 16.9 Å². The second-order valence-corrected chi connectivity index (χ2v) is 3.70. The summed E-state index contributed by atoms with van der Waals surface area (Å²) >= 11 is 0. The molecule has 0 fully saturated rings. The van der Waals surface area contributed by atoms with E-state index >= 15 is 0 Å². The number of aliphatic hydroxyl groups excluding tert-OH is 1. The molecule has 0 bridgehead atoms. The Balaban J connectivity index is 2.30. The fraction of sp³-hybridized carbons (Fsp3) is 0.308. The fourth-order valence-electron chi connectivity index (χ4n) is 1.61. The van der Waals surface area contributed by atoms with Crippen LogP contribution in [0.2, 0.25) is 0 Å². The van der Waals surface area contributed by atoms with Crippen LogP contribution in [0.25, 0.3) is 11.0 Å². The van der Waals surface area contributed by atoms with Crippen molar-refractivity contribution < 1.29 is 23.8 Å². The zero-order chi connectivity index (χ0) is 13.0. The third kappa shape index (κ3) is 2.46. The van der Waals surface area contributed by atoms with Crippen molar-refractivity contribution in [3.8, 4) is 5.75 Å². The Morgan fingerprint density at radius 3 is 3.00 bits per heavy atom. The van der Waals surface area contributed by atoms with Crippen LogP contribution in [0.5, 0.6) is 5.75 Å². The molecule has 0 aliphatic rings. The Labute approximate surface area is 104 Å². The minimum atomic E-state index is -0.521. The molecule has 1 aromatic carbocycles. The summed E-state index contributed by atoms with van der Waals surface area (Å²) in [7, 11) is 1.30. The molecule has 0 spiro atoms. The Morgan fingerprint density at radius 1 is 1.44 bits per heavy atom. The van der Waals surface area contributed by atoms with E-state index in [0.29, 0.717) is 24.4 Å². The predicted octanol–water partition coefficient (Wildman–Crippen LogP) is 1.98. The van der Waals surface area contributed by atoms with E-state index in [1.807, 2.05) is 0 Å². The zero-order valence-corrected chi connectivity index (χ0v) is 10.0. The number of hydrogen-bond acceptors (Lipinski definition) is 5. The molecule has 0 saturated carbocycles. The van der Waals surface area contributed by atoms with Crippen molar-refractivity contribution in [2.45, 2.75) is 6.42 Å². The molecule has 1 heterocycles. The summed E-state index contributed by atoms with van der Waals surface area (Å²) in [6.07, 6.45) is 0.554. The summed E-state index contributed by atoms with van der Waals surface area (Å²) in [4.78, 5) is 11.4. The smallest absolute Gasteiger partial charge is 0.373 e. The van der Waals surface area contributed by atoms with Crippen molar-refractivity contribution in [1.82, 2.24) is 0 Å². The Kier molecular flexibility index (Phi) is 3.84. The molecule has 0 amide bonds. The van der Waals surface area contributed by atoms with Gasteiger partial charge in [0.1, 0.15) is 11.3 Å². The Morgan fingerprint density at radius 2 is 2.28 bits per heavy atom. The van der Waals surface area contributed by atoms with Gasteiger partial charge in [0.2, 0.25) is 5.76 Å². The van der Waals surface area contributed by atoms with E-state index in [9.17, 15) is 4.79 Å². The van der Waals surface area contributed by atoms with Gasteiger partial charge < -0.3 is 19.0 Å². The highest BCUT2D eigenvalue weighted by Crippen LogP contribution is 2.29. The maximum atomic E-state index is 11.4. The van der Waals surface area contributed by atoms with E-state index in [-0.39, 0.29) is 12.4 Å². The molecule has 1 N–H and O–H groups in total. The van der Waals surface area contributed by atoms with Gasteiger partial charge in [-0.2, -0.15) is 0 Å². The van der Waals surface area contributed by atoms with Gasteiger partial charge >= 0.3 is 5.97 Å². The highest BCUT2D eigenvalue weighted by Gasteiger charge is 2.14. The summed E-state index contributed by atoms with van der Waals surface area (Å²) in [5, 5.41) is 9.43. The minimum Gasteiger partial charge on any atom is -0.493 e. The Bertz CT molecular complexity index is 543. The van der Waals surface area contributed by atoms with Gasteiger partial charge in [-0.25, -0.2) is 4.79 Å². The van der Waals surface area contributed by atoms with Crippen LogP contribution in [-0.4, -0.2) is 31.4 Å². The zero-order valence-electron chi connectivity index (χ0n) is 10.0. The normalized spacial score (nSPS) is 10.6. The standard InChI is InChI=1S/C13H14O5/c1-16-13(15)12-8-9-10(17-7-3-6-14)4-2-5-11(9)18-12/h2,4-5,8,14H,3,6-7H2,1H3. The number of benzene rings is 1. The monoisotopic (exact) mass is 250 g/mol. The van der Waals surface area contributed by atoms with E-state index in [4.69, 9.17) is 14.3 Å².